The Kier molecular flexibility index (Phi) is 3.79. The molecule has 0 spiro atoms. The van der Waals surface area contributed by atoms with E-state index in [2.05, 4.69) is 31.6 Å². The summed E-state index contributed by atoms with van der Waals surface area (Å²) >= 11 is 3.41. The average Bonchev–Trinajstić information content (AvgIpc) is 2.97. The van der Waals surface area contributed by atoms with Gasteiger partial charge in [0.15, 0.2) is 5.69 Å². The van der Waals surface area contributed by atoms with Crippen molar-refractivity contribution in [2.75, 3.05) is 26.2 Å². The van der Waals surface area contributed by atoms with Crippen LogP contribution in [0, 0.1) is 0 Å². The van der Waals surface area contributed by atoms with Crippen LogP contribution in [0.1, 0.15) is 10.5 Å². The first-order chi connectivity index (χ1) is 9.74. The summed E-state index contributed by atoms with van der Waals surface area (Å²) < 4.78 is 2.57. The third-order valence-corrected chi connectivity index (χ3v) is 3.68. The smallest absolute Gasteiger partial charge is 0.276 e. The maximum absolute atomic E-state index is 12.3. The lowest BCUT2D eigenvalue weighted by atomic mass is 10.3. The second-order valence-electron chi connectivity index (χ2n) is 4.57. The van der Waals surface area contributed by atoms with Gasteiger partial charge in [-0.05, 0) is 18.2 Å². The van der Waals surface area contributed by atoms with Crippen LogP contribution in [0.4, 0.5) is 0 Å². The molecular weight excluding hydrogens is 322 g/mol. The fourth-order valence-corrected chi connectivity index (χ4v) is 2.52. The van der Waals surface area contributed by atoms with Crippen LogP contribution in [0.5, 0.6) is 0 Å². The maximum Gasteiger partial charge on any atom is 0.276 e. The second-order valence-corrected chi connectivity index (χ2v) is 5.49. The zero-order valence-corrected chi connectivity index (χ0v) is 12.4. The van der Waals surface area contributed by atoms with Crippen molar-refractivity contribution in [3.05, 3.63) is 40.6 Å². The van der Waals surface area contributed by atoms with Crippen molar-refractivity contribution in [2.24, 2.45) is 0 Å². The van der Waals surface area contributed by atoms with E-state index >= 15 is 0 Å². The van der Waals surface area contributed by atoms with E-state index in [4.69, 9.17) is 0 Å². The van der Waals surface area contributed by atoms with E-state index in [0.717, 1.165) is 23.2 Å². The van der Waals surface area contributed by atoms with E-state index in [9.17, 15) is 4.79 Å². The molecule has 1 aliphatic rings. The number of hydrogen-bond acceptors (Lipinski definition) is 4. The number of carbonyl (C=O) groups excluding carboxylic acids is 1. The Morgan fingerprint density at radius 2 is 2.10 bits per heavy atom. The Bertz CT molecular complexity index is 621. The summed E-state index contributed by atoms with van der Waals surface area (Å²) in [6.07, 6.45) is 1.67. The average molecular weight is 336 g/mol. The molecule has 0 bridgehead atoms. The fourth-order valence-electron chi connectivity index (χ4n) is 2.14. The van der Waals surface area contributed by atoms with Gasteiger partial charge in [0.1, 0.15) is 0 Å². The van der Waals surface area contributed by atoms with Crippen LogP contribution < -0.4 is 5.32 Å². The highest BCUT2D eigenvalue weighted by atomic mass is 79.9. The summed E-state index contributed by atoms with van der Waals surface area (Å²) in [7, 11) is 0. The van der Waals surface area contributed by atoms with Crippen LogP contribution in [0.25, 0.3) is 5.69 Å². The Morgan fingerprint density at radius 3 is 2.85 bits per heavy atom. The van der Waals surface area contributed by atoms with Gasteiger partial charge in [0.25, 0.3) is 5.91 Å². The molecule has 3 rings (SSSR count). The normalized spacial score (nSPS) is 15.3. The SMILES string of the molecule is O=C(c1cn(-c2cccc(Br)c2)nn1)N1CCNCC1. The first-order valence-electron chi connectivity index (χ1n) is 6.42. The van der Waals surface area contributed by atoms with Crippen LogP contribution in [-0.2, 0) is 0 Å². The number of nitrogens with zero attached hydrogens (tertiary/aromatic N) is 4. The zero-order chi connectivity index (χ0) is 13.9. The van der Waals surface area contributed by atoms with Crippen molar-refractivity contribution in [3.8, 4) is 5.69 Å². The minimum atomic E-state index is -0.0623. The molecule has 1 N–H and O–H groups in total. The number of halogens is 1. The van der Waals surface area contributed by atoms with Gasteiger partial charge >= 0.3 is 0 Å². The van der Waals surface area contributed by atoms with Gasteiger partial charge in [0.2, 0.25) is 0 Å². The molecule has 1 amide bonds. The summed E-state index contributed by atoms with van der Waals surface area (Å²) in [6.45, 7) is 3.07. The van der Waals surface area contributed by atoms with Crippen molar-refractivity contribution in [1.29, 1.82) is 0 Å². The van der Waals surface area contributed by atoms with E-state index in [-0.39, 0.29) is 5.91 Å². The number of rotatable bonds is 2. The van der Waals surface area contributed by atoms with Gasteiger partial charge in [0, 0.05) is 30.7 Å². The third-order valence-electron chi connectivity index (χ3n) is 3.19. The van der Waals surface area contributed by atoms with Crippen LogP contribution in [-0.4, -0.2) is 52.0 Å². The van der Waals surface area contributed by atoms with Crippen LogP contribution >= 0.6 is 15.9 Å². The Labute approximate surface area is 124 Å². The van der Waals surface area contributed by atoms with Gasteiger partial charge in [-0.3, -0.25) is 4.79 Å². The molecule has 0 saturated carbocycles. The Morgan fingerprint density at radius 1 is 1.30 bits per heavy atom. The molecule has 2 heterocycles. The van der Waals surface area contributed by atoms with Crippen molar-refractivity contribution < 1.29 is 4.79 Å². The second kappa shape index (κ2) is 5.72. The van der Waals surface area contributed by atoms with E-state index in [0.29, 0.717) is 18.8 Å². The summed E-state index contributed by atoms with van der Waals surface area (Å²) in [4.78, 5) is 14.1. The van der Waals surface area contributed by atoms with Crippen molar-refractivity contribution in [2.45, 2.75) is 0 Å². The van der Waals surface area contributed by atoms with Crippen molar-refractivity contribution in [1.82, 2.24) is 25.2 Å². The first kappa shape index (κ1) is 13.3. The Hall–Kier alpha value is -1.73. The quantitative estimate of drug-likeness (QED) is 0.891. The highest BCUT2D eigenvalue weighted by Gasteiger charge is 2.20. The Balaban J connectivity index is 1.81. The molecule has 0 unspecified atom stereocenters. The van der Waals surface area contributed by atoms with Gasteiger partial charge in [-0.15, -0.1) is 5.10 Å². The maximum atomic E-state index is 12.3. The number of piperazine rings is 1. The third kappa shape index (κ3) is 2.73. The molecule has 1 aromatic carbocycles. The molecule has 6 nitrogen and oxygen atoms in total. The molecule has 1 saturated heterocycles. The topological polar surface area (TPSA) is 63.1 Å². The minimum absolute atomic E-state index is 0.0623. The fraction of sp³-hybridized carbons (Fsp3) is 0.308. The monoisotopic (exact) mass is 335 g/mol. The van der Waals surface area contributed by atoms with E-state index in [1.807, 2.05) is 24.3 Å². The summed E-state index contributed by atoms with van der Waals surface area (Å²) in [6, 6.07) is 7.69. The molecule has 0 atom stereocenters. The summed E-state index contributed by atoms with van der Waals surface area (Å²) in [5.41, 5.74) is 1.25. The molecule has 20 heavy (non-hydrogen) atoms. The van der Waals surface area contributed by atoms with Crippen molar-refractivity contribution in [3.63, 3.8) is 0 Å². The number of aromatic nitrogens is 3. The summed E-state index contributed by atoms with van der Waals surface area (Å²) in [5.74, 6) is -0.0623. The molecule has 1 aliphatic heterocycles. The van der Waals surface area contributed by atoms with E-state index in [1.54, 1.807) is 15.8 Å². The first-order valence-corrected chi connectivity index (χ1v) is 7.21. The van der Waals surface area contributed by atoms with E-state index in [1.165, 1.54) is 0 Å². The number of carbonyl (C=O) groups is 1. The molecule has 1 fully saturated rings. The number of hydrogen-bond donors (Lipinski definition) is 1. The van der Waals surface area contributed by atoms with Gasteiger partial charge in [0.05, 0.1) is 11.9 Å². The molecular formula is C13H14BrN5O. The van der Waals surface area contributed by atoms with Gasteiger partial charge in [-0.25, -0.2) is 4.68 Å². The van der Waals surface area contributed by atoms with Gasteiger partial charge in [-0.1, -0.05) is 27.2 Å². The standard InChI is InChI=1S/C13H14BrN5O/c14-10-2-1-3-11(8-10)19-9-12(16-17-19)13(20)18-6-4-15-5-7-18/h1-3,8-9,15H,4-7H2. The molecule has 1 aromatic heterocycles. The van der Waals surface area contributed by atoms with Gasteiger partial charge in [-0.2, -0.15) is 0 Å². The predicted molar refractivity (Wildman–Crippen MR) is 77.8 cm³/mol. The molecule has 0 aliphatic carbocycles. The van der Waals surface area contributed by atoms with Crippen LogP contribution in [0.15, 0.2) is 34.9 Å². The highest BCUT2D eigenvalue weighted by molar-refractivity contribution is 9.10. The van der Waals surface area contributed by atoms with Crippen LogP contribution in [0.3, 0.4) is 0 Å². The molecule has 7 heteroatoms. The van der Waals surface area contributed by atoms with E-state index < -0.39 is 0 Å². The lowest BCUT2D eigenvalue weighted by Gasteiger charge is -2.26. The number of benzene rings is 1. The molecule has 0 radical (unpaired) electrons. The van der Waals surface area contributed by atoms with Crippen LogP contribution in [0.2, 0.25) is 0 Å². The number of amides is 1. The molecule has 2 aromatic rings. The van der Waals surface area contributed by atoms with Crippen molar-refractivity contribution >= 4 is 21.8 Å². The predicted octanol–water partition coefficient (Wildman–Crippen LogP) is 1.08. The lowest BCUT2D eigenvalue weighted by Crippen LogP contribution is -2.46. The number of nitrogens with one attached hydrogen (secondary N) is 1. The minimum Gasteiger partial charge on any atom is -0.335 e. The zero-order valence-electron chi connectivity index (χ0n) is 10.8. The lowest BCUT2D eigenvalue weighted by molar-refractivity contribution is 0.0730. The van der Waals surface area contributed by atoms with Gasteiger partial charge < -0.3 is 10.2 Å². The largest absolute Gasteiger partial charge is 0.335 e. The molecule has 104 valence electrons. The summed E-state index contributed by atoms with van der Waals surface area (Å²) in [5, 5.41) is 11.2. The highest BCUT2D eigenvalue weighted by Crippen LogP contribution is 2.15.